The average molecular weight is 369 g/mol. The van der Waals surface area contributed by atoms with Gasteiger partial charge in [-0.1, -0.05) is 24.3 Å². The molecule has 0 amide bonds. The summed E-state index contributed by atoms with van der Waals surface area (Å²) in [5, 5.41) is 22.1. The van der Waals surface area contributed by atoms with E-state index in [0.29, 0.717) is 31.9 Å². The zero-order valence-electron chi connectivity index (χ0n) is 15.7. The molecule has 0 unspecified atom stereocenters. The molecule has 27 heavy (non-hydrogen) atoms. The van der Waals surface area contributed by atoms with E-state index in [1.54, 1.807) is 7.11 Å². The van der Waals surface area contributed by atoms with Crippen molar-refractivity contribution in [3.63, 3.8) is 0 Å². The van der Waals surface area contributed by atoms with Gasteiger partial charge in [-0.3, -0.25) is 4.90 Å². The zero-order valence-corrected chi connectivity index (χ0v) is 15.7. The number of para-hydroxylation sites is 1. The van der Waals surface area contributed by atoms with Gasteiger partial charge in [0.2, 0.25) is 0 Å². The number of hydrogen-bond donors (Lipinski definition) is 2. The molecule has 4 rings (SSSR count). The Labute approximate surface area is 160 Å². The molecule has 2 aliphatic heterocycles. The van der Waals surface area contributed by atoms with Crippen LogP contribution in [0.2, 0.25) is 0 Å². The monoisotopic (exact) mass is 369 g/mol. The maximum Gasteiger partial charge on any atom is 0.124 e. The smallest absolute Gasteiger partial charge is 0.124 e. The third-order valence-electron chi connectivity index (χ3n) is 5.69. The number of hydrogen-bond acceptors (Lipinski definition) is 5. The Morgan fingerprint density at radius 1 is 1.26 bits per heavy atom. The van der Waals surface area contributed by atoms with Crippen molar-refractivity contribution in [3.05, 3.63) is 59.2 Å². The minimum Gasteiger partial charge on any atom is -0.496 e. The Morgan fingerprint density at radius 2 is 2.11 bits per heavy atom. The van der Waals surface area contributed by atoms with E-state index in [0.717, 1.165) is 41.8 Å². The predicted molar refractivity (Wildman–Crippen MR) is 103 cm³/mol. The third-order valence-corrected chi connectivity index (χ3v) is 5.69. The van der Waals surface area contributed by atoms with Crippen molar-refractivity contribution >= 4 is 0 Å². The number of β-amino-alcohol motifs (C(OH)–C–C–N with tert-alkyl or cyclic N) is 2. The fraction of sp³-hybridized carbons (Fsp3) is 0.455. The van der Waals surface area contributed by atoms with Gasteiger partial charge in [-0.2, -0.15) is 0 Å². The molecular formula is C22H27NO4. The number of aliphatic hydroxyl groups excluding tert-OH is 1. The van der Waals surface area contributed by atoms with Crippen LogP contribution < -0.4 is 9.47 Å². The van der Waals surface area contributed by atoms with Gasteiger partial charge in [0.15, 0.2) is 0 Å². The number of rotatable bonds is 5. The Morgan fingerprint density at radius 3 is 2.96 bits per heavy atom. The summed E-state index contributed by atoms with van der Waals surface area (Å²) in [5.74, 6) is 1.63. The molecule has 0 bridgehead atoms. The summed E-state index contributed by atoms with van der Waals surface area (Å²) in [6.07, 6.45) is 1.87. The van der Waals surface area contributed by atoms with Gasteiger partial charge < -0.3 is 19.7 Å². The average Bonchev–Trinajstić information content (AvgIpc) is 3.16. The maximum atomic E-state index is 11.3. The standard InChI is InChI=1S/C22H27NO4/c1-26-21-6-3-2-5-18(21)22(25)10-4-11-23(15-22)14-19(24)16-7-8-20-17(13-16)9-12-27-20/h2-3,5-8,13,19,24-25H,4,9-12,14-15H2,1H3/t19-,22+/m1/s1. The molecule has 5 heteroatoms. The summed E-state index contributed by atoms with van der Waals surface area (Å²) in [5.41, 5.74) is 1.93. The van der Waals surface area contributed by atoms with Gasteiger partial charge in [-0.15, -0.1) is 0 Å². The van der Waals surface area contributed by atoms with Crippen LogP contribution in [0.1, 0.15) is 35.6 Å². The number of ether oxygens (including phenoxy) is 2. The Kier molecular flexibility index (Phi) is 5.08. The van der Waals surface area contributed by atoms with Crippen LogP contribution in [0, 0.1) is 0 Å². The number of benzene rings is 2. The van der Waals surface area contributed by atoms with E-state index in [9.17, 15) is 10.2 Å². The third kappa shape index (κ3) is 3.68. The molecule has 0 spiro atoms. The molecule has 2 N–H and O–H groups in total. The van der Waals surface area contributed by atoms with E-state index >= 15 is 0 Å². The molecule has 2 heterocycles. The highest BCUT2D eigenvalue weighted by Gasteiger charge is 2.37. The number of fused-ring (bicyclic) bond motifs is 1. The van der Waals surface area contributed by atoms with Crippen LogP contribution in [0.25, 0.3) is 0 Å². The van der Waals surface area contributed by atoms with Crippen LogP contribution in [0.5, 0.6) is 11.5 Å². The highest BCUT2D eigenvalue weighted by atomic mass is 16.5. The summed E-state index contributed by atoms with van der Waals surface area (Å²) in [7, 11) is 1.63. The van der Waals surface area contributed by atoms with E-state index < -0.39 is 11.7 Å². The number of nitrogens with zero attached hydrogens (tertiary/aromatic N) is 1. The van der Waals surface area contributed by atoms with Crippen LogP contribution in [0.3, 0.4) is 0 Å². The molecule has 2 atom stereocenters. The fourth-order valence-electron chi connectivity index (χ4n) is 4.29. The van der Waals surface area contributed by atoms with Gasteiger partial charge >= 0.3 is 0 Å². The van der Waals surface area contributed by atoms with Crippen molar-refractivity contribution < 1.29 is 19.7 Å². The number of piperidine rings is 1. The highest BCUT2D eigenvalue weighted by Crippen LogP contribution is 2.37. The molecule has 1 saturated heterocycles. The lowest BCUT2D eigenvalue weighted by molar-refractivity contribution is -0.0474. The molecule has 0 saturated carbocycles. The lowest BCUT2D eigenvalue weighted by atomic mass is 9.85. The molecule has 2 aromatic rings. The van der Waals surface area contributed by atoms with Crippen LogP contribution in [0.4, 0.5) is 0 Å². The number of methoxy groups -OCH3 is 1. The van der Waals surface area contributed by atoms with Crippen LogP contribution >= 0.6 is 0 Å². The second-order valence-corrected chi connectivity index (χ2v) is 7.55. The summed E-state index contributed by atoms with van der Waals surface area (Å²) < 4.78 is 11.0. The van der Waals surface area contributed by atoms with E-state index in [1.807, 2.05) is 42.5 Å². The lowest BCUT2D eigenvalue weighted by Crippen LogP contribution is -2.47. The molecule has 2 aliphatic rings. The van der Waals surface area contributed by atoms with Crippen molar-refractivity contribution in [2.24, 2.45) is 0 Å². The van der Waals surface area contributed by atoms with Crippen LogP contribution in [-0.4, -0.2) is 48.5 Å². The van der Waals surface area contributed by atoms with E-state index in [-0.39, 0.29) is 0 Å². The van der Waals surface area contributed by atoms with Gasteiger partial charge in [0.1, 0.15) is 17.1 Å². The largest absolute Gasteiger partial charge is 0.496 e. The summed E-state index contributed by atoms with van der Waals surface area (Å²) in [6.45, 7) is 2.56. The first-order valence-electron chi connectivity index (χ1n) is 9.61. The van der Waals surface area contributed by atoms with Crippen molar-refractivity contribution in [2.45, 2.75) is 31.0 Å². The van der Waals surface area contributed by atoms with Gasteiger partial charge in [0.25, 0.3) is 0 Å². The Bertz CT molecular complexity index is 809. The number of likely N-dealkylation sites (tertiary alicyclic amines) is 1. The lowest BCUT2D eigenvalue weighted by Gasteiger charge is -2.40. The second-order valence-electron chi connectivity index (χ2n) is 7.55. The fourth-order valence-corrected chi connectivity index (χ4v) is 4.29. The molecule has 0 radical (unpaired) electrons. The van der Waals surface area contributed by atoms with Crippen LogP contribution in [0.15, 0.2) is 42.5 Å². The SMILES string of the molecule is COc1ccccc1[C@]1(O)CCCN(C[C@@H](O)c2ccc3c(c2)CCO3)C1. The van der Waals surface area contributed by atoms with Gasteiger partial charge in [-0.25, -0.2) is 0 Å². The Balaban J connectivity index is 1.48. The van der Waals surface area contributed by atoms with Gasteiger partial charge in [0, 0.05) is 25.1 Å². The van der Waals surface area contributed by atoms with Crippen molar-refractivity contribution in [1.82, 2.24) is 4.90 Å². The van der Waals surface area contributed by atoms with Crippen LogP contribution in [-0.2, 0) is 12.0 Å². The summed E-state index contributed by atoms with van der Waals surface area (Å²) in [4.78, 5) is 2.14. The highest BCUT2D eigenvalue weighted by molar-refractivity contribution is 5.41. The minimum absolute atomic E-state index is 0.485. The van der Waals surface area contributed by atoms with Gasteiger partial charge in [-0.05, 0) is 48.7 Å². The summed E-state index contributed by atoms with van der Waals surface area (Å²) in [6, 6.07) is 13.6. The van der Waals surface area contributed by atoms with Crippen molar-refractivity contribution in [1.29, 1.82) is 0 Å². The summed E-state index contributed by atoms with van der Waals surface area (Å²) >= 11 is 0. The second kappa shape index (κ2) is 7.50. The molecule has 5 nitrogen and oxygen atoms in total. The predicted octanol–water partition coefficient (Wildman–Crippen LogP) is 2.65. The Hall–Kier alpha value is -2.08. The first-order valence-corrected chi connectivity index (χ1v) is 9.61. The molecule has 0 aliphatic carbocycles. The van der Waals surface area contributed by atoms with Gasteiger partial charge in [0.05, 0.1) is 19.8 Å². The topological polar surface area (TPSA) is 62.2 Å². The maximum absolute atomic E-state index is 11.3. The van der Waals surface area contributed by atoms with Crippen molar-refractivity contribution in [2.75, 3.05) is 33.4 Å². The zero-order chi connectivity index (χ0) is 18.9. The molecule has 144 valence electrons. The van der Waals surface area contributed by atoms with Crippen molar-refractivity contribution in [3.8, 4) is 11.5 Å². The molecule has 0 aromatic heterocycles. The molecular weight excluding hydrogens is 342 g/mol. The van der Waals surface area contributed by atoms with E-state index in [2.05, 4.69) is 4.90 Å². The quantitative estimate of drug-likeness (QED) is 0.848. The molecule has 2 aromatic carbocycles. The minimum atomic E-state index is -0.962. The first kappa shape index (κ1) is 18.3. The first-order chi connectivity index (χ1) is 13.1. The van der Waals surface area contributed by atoms with E-state index in [1.165, 1.54) is 0 Å². The normalized spacial score (nSPS) is 23.5. The van der Waals surface area contributed by atoms with E-state index in [4.69, 9.17) is 9.47 Å². The number of aliphatic hydroxyl groups is 2. The molecule has 1 fully saturated rings.